The summed E-state index contributed by atoms with van der Waals surface area (Å²) in [5.41, 5.74) is 0.990. The van der Waals surface area contributed by atoms with E-state index in [9.17, 15) is 4.79 Å². The number of amides is 1. The highest BCUT2D eigenvalue weighted by atomic mass is 35.5. The van der Waals surface area contributed by atoms with Crippen molar-refractivity contribution in [1.29, 1.82) is 0 Å². The van der Waals surface area contributed by atoms with E-state index in [0.717, 1.165) is 11.3 Å². The summed E-state index contributed by atoms with van der Waals surface area (Å²) >= 11 is 11.7. The molecule has 1 fully saturated rings. The molecule has 1 amide bonds. The van der Waals surface area contributed by atoms with Gasteiger partial charge in [0.05, 0.1) is 12.5 Å². The molecule has 98 valence electrons. The van der Waals surface area contributed by atoms with Crippen LogP contribution in [0, 0.1) is 5.92 Å². The van der Waals surface area contributed by atoms with E-state index >= 15 is 0 Å². The van der Waals surface area contributed by atoms with Crippen molar-refractivity contribution in [3.8, 4) is 5.75 Å². The van der Waals surface area contributed by atoms with Gasteiger partial charge in [0.25, 0.3) is 0 Å². The fourth-order valence-corrected chi connectivity index (χ4v) is 2.23. The van der Waals surface area contributed by atoms with Gasteiger partial charge in [-0.15, -0.1) is 23.2 Å². The lowest BCUT2D eigenvalue weighted by molar-refractivity contribution is -0.122. The van der Waals surface area contributed by atoms with E-state index in [1.54, 1.807) is 0 Å². The number of hydrogen-bond donors (Lipinski definition) is 1. The average molecular weight is 288 g/mol. The Morgan fingerprint density at radius 1 is 1.56 bits per heavy atom. The van der Waals surface area contributed by atoms with Gasteiger partial charge in [-0.3, -0.25) is 4.79 Å². The molecular weight excluding hydrogens is 273 g/mol. The molecule has 1 N–H and O–H groups in total. The van der Waals surface area contributed by atoms with Gasteiger partial charge in [-0.2, -0.15) is 0 Å². The summed E-state index contributed by atoms with van der Waals surface area (Å²) in [6, 6.07) is 7.63. The second kappa shape index (κ2) is 5.37. The van der Waals surface area contributed by atoms with Gasteiger partial charge < -0.3 is 10.1 Å². The number of alkyl halides is 2. The lowest BCUT2D eigenvalue weighted by Gasteiger charge is -2.08. The summed E-state index contributed by atoms with van der Waals surface area (Å²) in [4.78, 5) is 11.7. The average Bonchev–Trinajstić information content (AvgIpc) is 2.97. The first-order valence-electron chi connectivity index (χ1n) is 5.90. The fraction of sp³-hybridized carbons (Fsp3) is 0.462. The highest BCUT2D eigenvalue weighted by Crippen LogP contribution is 2.53. The van der Waals surface area contributed by atoms with Crippen LogP contribution in [-0.2, 0) is 11.3 Å². The third kappa shape index (κ3) is 3.30. The van der Waals surface area contributed by atoms with E-state index in [-0.39, 0.29) is 11.8 Å². The molecule has 1 aliphatic rings. The zero-order chi connectivity index (χ0) is 13.2. The van der Waals surface area contributed by atoms with Crippen molar-refractivity contribution in [2.45, 2.75) is 24.2 Å². The second-order valence-electron chi connectivity index (χ2n) is 4.32. The van der Waals surface area contributed by atoms with Crippen LogP contribution in [0.2, 0.25) is 0 Å². The molecule has 0 saturated heterocycles. The Bertz CT molecular complexity index is 448. The third-order valence-electron chi connectivity index (χ3n) is 2.82. The van der Waals surface area contributed by atoms with Crippen LogP contribution >= 0.6 is 23.2 Å². The van der Waals surface area contributed by atoms with Gasteiger partial charge in [0.15, 0.2) is 0 Å². The first kappa shape index (κ1) is 13.5. The SMILES string of the molecule is CCOc1cccc(CNC(=O)C2CC2(Cl)Cl)c1. The summed E-state index contributed by atoms with van der Waals surface area (Å²) in [6.45, 7) is 3.01. The Kier molecular flexibility index (Phi) is 4.03. The van der Waals surface area contributed by atoms with Crippen molar-refractivity contribution in [2.75, 3.05) is 6.61 Å². The second-order valence-corrected chi connectivity index (χ2v) is 5.86. The highest BCUT2D eigenvalue weighted by Gasteiger charge is 2.56. The Morgan fingerprint density at radius 3 is 2.89 bits per heavy atom. The van der Waals surface area contributed by atoms with Crippen molar-refractivity contribution in [3.05, 3.63) is 29.8 Å². The van der Waals surface area contributed by atoms with Crippen LogP contribution in [0.15, 0.2) is 24.3 Å². The minimum Gasteiger partial charge on any atom is -0.494 e. The number of halogens is 2. The molecule has 0 aliphatic heterocycles. The van der Waals surface area contributed by atoms with Gasteiger partial charge in [0, 0.05) is 6.54 Å². The molecule has 1 atom stereocenters. The molecule has 0 aromatic heterocycles. The highest BCUT2D eigenvalue weighted by molar-refractivity contribution is 6.52. The summed E-state index contributed by atoms with van der Waals surface area (Å²) in [7, 11) is 0. The molecule has 1 aliphatic carbocycles. The van der Waals surface area contributed by atoms with Gasteiger partial charge in [-0.1, -0.05) is 12.1 Å². The largest absolute Gasteiger partial charge is 0.494 e. The molecule has 5 heteroatoms. The molecule has 1 unspecified atom stereocenters. The lowest BCUT2D eigenvalue weighted by Crippen LogP contribution is -2.26. The first-order chi connectivity index (χ1) is 8.53. The van der Waals surface area contributed by atoms with Crippen molar-refractivity contribution >= 4 is 29.1 Å². The van der Waals surface area contributed by atoms with Crippen LogP contribution in [-0.4, -0.2) is 16.8 Å². The zero-order valence-electron chi connectivity index (χ0n) is 10.1. The number of hydrogen-bond acceptors (Lipinski definition) is 2. The molecule has 0 radical (unpaired) electrons. The summed E-state index contributed by atoms with van der Waals surface area (Å²) in [5, 5.41) is 2.82. The molecule has 0 bridgehead atoms. The lowest BCUT2D eigenvalue weighted by atomic mass is 10.2. The maximum atomic E-state index is 11.7. The number of benzene rings is 1. The standard InChI is InChI=1S/C13H15Cl2NO2/c1-2-18-10-5-3-4-9(6-10)8-16-12(17)11-7-13(11,14)15/h3-6,11H,2,7-8H2,1H3,(H,16,17). The Morgan fingerprint density at radius 2 is 2.28 bits per heavy atom. The Balaban J connectivity index is 1.86. The number of rotatable bonds is 5. The van der Waals surface area contributed by atoms with Crippen LogP contribution in [0.25, 0.3) is 0 Å². The molecule has 1 aromatic carbocycles. The van der Waals surface area contributed by atoms with Crippen LogP contribution in [0.1, 0.15) is 18.9 Å². The van der Waals surface area contributed by atoms with Crippen LogP contribution in [0.3, 0.4) is 0 Å². The number of ether oxygens (including phenoxy) is 1. The van der Waals surface area contributed by atoms with Gasteiger partial charge in [0.2, 0.25) is 5.91 Å². The van der Waals surface area contributed by atoms with E-state index in [1.807, 2.05) is 31.2 Å². The predicted octanol–water partition coefficient (Wildman–Crippen LogP) is 2.90. The topological polar surface area (TPSA) is 38.3 Å². The normalized spacial score (nSPS) is 20.3. The van der Waals surface area contributed by atoms with E-state index in [4.69, 9.17) is 27.9 Å². The van der Waals surface area contributed by atoms with Crippen molar-refractivity contribution in [2.24, 2.45) is 5.92 Å². The van der Waals surface area contributed by atoms with Crippen molar-refractivity contribution in [3.63, 3.8) is 0 Å². The van der Waals surface area contributed by atoms with E-state index in [1.165, 1.54) is 0 Å². The van der Waals surface area contributed by atoms with E-state index < -0.39 is 4.33 Å². The molecular formula is C13H15Cl2NO2. The molecule has 1 aromatic rings. The number of carbonyl (C=O) groups is 1. The van der Waals surface area contributed by atoms with Gasteiger partial charge in [-0.25, -0.2) is 0 Å². The van der Waals surface area contributed by atoms with Crippen LogP contribution in [0.5, 0.6) is 5.75 Å². The summed E-state index contributed by atoms with van der Waals surface area (Å²) in [5.74, 6) is 0.428. The molecule has 1 saturated carbocycles. The monoisotopic (exact) mass is 287 g/mol. The van der Waals surface area contributed by atoms with E-state index in [0.29, 0.717) is 19.6 Å². The summed E-state index contributed by atoms with van der Waals surface area (Å²) in [6.07, 6.45) is 0.529. The minimum absolute atomic E-state index is 0.0955. The zero-order valence-corrected chi connectivity index (χ0v) is 11.6. The third-order valence-corrected chi connectivity index (χ3v) is 3.65. The fourth-order valence-electron chi connectivity index (χ4n) is 1.72. The van der Waals surface area contributed by atoms with Crippen molar-refractivity contribution in [1.82, 2.24) is 5.32 Å². The molecule has 3 nitrogen and oxygen atoms in total. The Labute approximate surface area is 116 Å². The quantitative estimate of drug-likeness (QED) is 0.846. The number of nitrogens with one attached hydrogen (secondary N) is 1. The first-order valence-corrected chi connectivity index (χ1v) is 6.66. The van der Waals surface area contributed by atoms with Crippen LogP contribution in [0.4, 0.5) is 0 Å². The molecule has 2 rings (SSSR count). The predicted molar refractivity (Wildman–Crippen MR) is 72.0 cm³/mol. The van der Waals surface area contributed by atoms with Gasteiger partial charge >= 0.3 is 0 Å². The van der Waals surface area contributed by atoms with Crippen molar-refractivity contribution < 1.29 is 9.53 Å². The van der Waals surface area contributed by atoms with Crippen LogP contribution < -0.4 is 10.1 Å². The molecule has 0 spiro atoms. The number of carbonyl (C=O) groups excluding carboxylic acids is 1. The maximum Gasteiger partial charge on any atom is 0.226 e. The Hall–Kier alpha value is -0.930. The van der Waals surface area contributed by atoms with Gasteiger partial charge in [-0.05, 0) is 31.0 Å². The molecule has 0 heterocycles. The van der Waals surface area contributed by atoms with E-state index in [2.05, 4.69) is 5.32 Å². The summed E-state index contributed by atoms with van der Waals surface area (Å²) < 4.78 is 4.53. The molecule has 18 heavy (non-hydrogen) atoms. The van der Waals surface area contributed by atoms with Gasteiger partial charge in [0.1, 0.15) is 10.1 Å². The minimum atomic E-state index is -0.864. The maximum absolute atomic E-state index is 11.7. The smallest absolute Gasteiger partial charge is 0.226 e.